The average molecular weight is 337 g/mol. The quantitative estimate of drug-likeness (QED) is 0.800. The molecule has 0 aliphatic carbocycles. The fourth-order valence-electron chi connectivity index (χ4n) is 3.50. The van der Waals surface area contributed by atoms with Crippen LogP contribution >= 0.6 is 11.3 Å². The summed E-state index contributed by atoms with van der Waals surface area (Å²) in [7, 11) is 0. The zero-order chi connectivity index (χ0) is 15.9. The molecule has 2 aliphatic rings. The minimum atomic E-state index is 0.293. The van der Waals surface area contributed by atoms with E-state index in [9.17, 15) is 4.79 Å². The van der Waals surface area contributed by atoms with Gasteiger partial charge < -0.3 is 9.64 Å². The van der Waals surface area contributed by atoms with E-state index in [0.717, 1.165) is 58.5 Å². The molecule has 0 bridgehead atoms. The fourth-order valence-corrected chi connectivity index (χ4v) is 4.24. The highest BCUT2D eigenvalue weighted by molar-refractivity contribution is 7.09. The number of likely N-dealkylation sites (tertiary alicyclic amines) is 1. The van der Waals surface area contributed by atoms with Crippen LogP contribution in [-0.2, 0) is 16.1 Å². The van der Waals surface area contributed by atoms with Crippen LogP contribution in [0.1, 0.15) is 43.4 Å². The number of hydrogen-bond acceptors (Lipinski definition) is 4. The van der Waals surface area contributed by atoms with Crippen molar-refractivity contribution in [2.24, 2.45) is 0 Å². The molecule has 2 saturated heterocycles. The summed E-state index contributed by atoms with van der Waals surface area (Å²) in [5.41, 5.74) is 0. The molecule has 5 heteroatoms. The molecular formula is C18H28N2O2S. The zero-order valence-corrected chi connectivity index (χ0v) is 14.7. The zero-order valence-electron chi connectivity index (χ0n) is 13.9. The van der Waals surface area contributed by atoms with Gasteiger partial charge in [0.15, 0.2) is 0 Å². The van der Waals surface area contributed by atoms with Gasteiger partial charge in [0.1, 0.15) is 0 Å². The van der Waals surface area contributed by atoms with E-state index in [2.05, 4.69) is 27.3 Å². The van der Waals surface area contributed by atoms with Crippen molar-refractivity contribution >= 4 is 17.2 Å². The number of rotatable bonds is 6. The molecule has 128 valence electrons. The lowest BCUT2D eigenvalue weighted by atomic mass is 10.2. The standard InChI is InChI=1S/C18H28N2O2S/c21-18(20-9-3-1-2-4-10-20)15-19(13-16-7-5-11-22-16)14-17-8-6-12-23-17/h6,8,12,16H,1-5,7,9-11,13-15H2. The van der Waals surface area contributed by atoms with Gasteiger partial charge in [-0.2, -0.15) is 0 Å². The summed E-state index contributed by atoms with van der Waals surface area (Å²) >= 11 is 1.77. The number of amides is 1. The van der Waals surface area contributed by atoms with E-state index in [1.54, 1.807) is 11.3 Å². The van der Waals surface area contributed by atoms with E-state index in [4.69, 9.17) is 4.74 Å². The highest BCUT2D eigenvalue weighted by Crippen LogP contribution is 2.18. The predicted molar refractivity (Wildman–Crippen MR) is 93.6 cm³/mol. The molecule has 1 unspecified atom stereocenters. The van der Waals surface area contributed by atoms with Crippen LogP contribution in [0.15, 0.2) is 17.5 Å². The van der Waals surface area contributed by atoms with Gasteiger partial charge in [0.25, 0.3) is 0 Å². The number of hydrogen-bond donors (Lipinski definition) is 0. The highest BCUT2D eigenvalue weighted by Gasteiger charge is 2.23. The largest absolute Gasteiger partial charge is 0.377 e. The first-order chi connectivity index (χ1) is 11.3. The Bertz CT molecular complexity index is 463. The molecule has 2 aliphatic heterocycles. The van der Waals surface area contributed by atoms with Crippen LogP contribution < -0.4 is 0 Å². The van der Waals surface area contributed by atoms with Gasteiger partial charge in [0, 0.05) is 37.7 Å². The first-order valence-corrected chi connectivity index (χ1v) is 9.83. The third-order valence-corrected chi connectivity index (χ3v) is 5.62. The van der Waals surface area contributed by atoms with Crippen molar-refractivity contribution < 1.29 is 9.53 Å². The number of ether oxygens (including phenoxy) is 1. The summed E-state index contributed by atoms with van der Waals surface area (Å²) < 4.78 is 5.79. The first-order valence-electron chi connectivity index (χ1n) is 8.95. The molecule has 23 heavy (non-hydrogen) atoms. The van der Waals surface area contributed by atoms with Gasteiger partial charge in [-0.3, -0.25) is 9.69 Å². The third-order valence-electron chi connectivity index (χ3n) is 4.76. The van der Waals surface area contributed by atoms with Crippen LogP contribution in [0, 0.1) is 0 Å². The Kier molecular flexibility index (Phi) is 6.48. The highest BCUT2D eigenvalue weighted by atomic mass is 32.1. The van der Waals surface area contributed by atoms with Crippen LogP contribution in [0.3, 0.4) is 0 Å². The molecule has 0 N–H and O–H groups in total. The second-order valence-electron chi connectivity index (χ2n) is 6.68. The lowest BCUT2D eigenvalue weighted by Crippen LogP contribution is -2.42. The van der Waals surface area contributed by atoms with Crippen LogP contribution in [0.25, 0.3) is 0 Å². The van der Waals surface area contributed by atoms with Crippen molar-refractivity contribution in [3.8, 4) is 0 Å². The number of nitrogens with zero attached hydrogens (tertiary/aromatic N) is 2. The molecule has 0 aromatic carbocycles. The lowest BCUT2D eigenvalue weighted by molar-refractivity contribution is -0.132. The van der Waals surface area contributed by atoms with Gasteiger partial charge >= 0.3 is 0 Å². The Hall–Kier alpha value is -0.910. The summed E-state index contributed by atoms with van der Waals surface area (Å²) in [4.78, 5) is 18.4. The summed E-state index contributed by atoms with van der Waals surface area (Å²) in [6, 6.07) is 4.24. The van der Waals surface area contributed by atoms with E-state index in [1.807, 2.05) is 0 Å². The Morgan fingerprint density at radius 3 is 2.74 bits per heavy atom. The minimum absolute atomic E-state index is 0.293. The van der Waals surface area contributed by atoms with Crippen LogP contribution in [0.5, 0.6) is 0 Å². The van der Waals surface area contributed by atoms with Crippen LogP contribution in [0.2, 0.25) is 0 Å². The molecule has 4 nitrogen and oxygen atoms in total. The van der Waals surface area contributed by atoms with Crippen molar-refractivity contribution in [2.75, 3.05) is 32.8 Å². The number of carbonyl (C=O) groups excluding carboxylic acids is 1. The van der Waals surface area contributed by atoms with E-state index in [1.165, 1.54) is 17.7 Å². The maximum atomic E-state index is 12.7. The smallest absolute Gasteiger partial charge is 0.236 e. The third kappa shape index (κ3) is 5.30. The first kappa shape index (κ1) is 16.9. The maximum absolute atomic E-state index is 12.7. The predicted octanol–water partition coefficient (Wildman–Crippen LogP) is 3.13. The molecule has 2 fully saturated rings. The van der Waals surface area contributed by atoms with Crippen LogP contribution in [-0.4, -0.2) is 54.6 Å². The second kappa shape index (κ2) is 8.81. The Balaban J connectivity index is 1.58. The summed E-state index contributed by atoms with van der Waals surface area (Å²) in [5, 5.41) is 2.11. The van der Waals surface area contributed by atoms with Crippen molar-refractivity contribution in [3.05, 3.63) is 22.4 Å². The van der Waals surface area contributed by atoms with Crippen molar-refractivity contribution in [3.63, 3.8) is 0 Å². The topological polar surface area (TPSA) is 32.8 Å². The second-order valence-corrected chi connectivity index (χ2v) is 7.71. The molecule has 0 saturated carbocycles. The van der Waals surface area contributed by atoms with Crippen molar-refractivity contribution in [2.45, 2.75) is 51.2 Å². The minimum Gasteiger partial charge on any atom is -0.377 e. The Labute approximate surface area is 143 Å². The van der Waals surface area contributed by atoms with Crippen molar-refractivity contribution in [1.29, 1.82) is 0 Å². The average Bonchev–Trinajstić information content (AvgIpc) is 3.16. The van der Waals surface area contributed by atoms with Gasteiger partial charge in [-0.1, -0.05) is 18.9 Å². The molecule has 1 aromatic rings. The SMILES string of the molecule is O=C(CN(Cc1cccs1)CC1CCCO1)N1CCCCCC1. The monoisotopic (exact) mass is 336 g/mol. The molecule has 0 spiro atoms. The maximum Gasteiger partial charge on any atom is 0.236 e. The van der Waals surface area contributed by atoms with Crippen molar-refractivity contribution in [1.82, 2.24) is 9.80 Å². The van der Waals surface area contributed by atoms with E-state index >= 15 is 0 Å². The Morgan fingerprint density at radius 2 is 2.09 bits per heavy atom. The lowest BCUT2D eigenvalue weighted by Gasteiger charge is -2.28. The van der Waals surface area contributed by atoms with E-state index < -0.39 is 0 Å². The normalized spacial score (nSPS) is 22.5. The summed E-state index contributed by atoms with van der Waals surface area (Å²) in [6.07, 6.45) is 7.41. The molecule has 3 heterocycles. The fraction of sp³-hybridized carbons (Fsp3) is 0.722. The molecule has 1 atom stereocenters. The molecule has 1 amide bonds. The molecule has 1 aromatic heterocycles. The summed E-state index contributed by atoms with van der Waals surface area (Å²) in [6.45, 7) is 5.00. The van der Waals surface area contributed by atoms with Gasteiger partial charge in [0.05, 0.1) is 12.6 Å². The van der Waals surface area contributed by atoms with E-state index in [0.29, 0.717) is 18.6 Å². The van der Waals surface area contributed by atoms with Crippen LogP contribution in [0.4, 0.5) is 0 Å². The molecular weight excluding hydrogens is 308 g/mol. The number of thiophene rings is 1. The van der Waals surface area contributed by atoms with Gasteiger partial charge in [-0.05, 0) is 37.1 Å². The Morgan fingerprint density at radius 1 is 1.26 bits per heavy atom. The van der Waals surface area contributed by atoms with Gasteiger partial charge in [-0.25, -0.2) is 0 Å². The van der Waals surface area contributed by atoms with Gasteiger partial charge in [0.2, 0.25) is 5.91 Å². The molecule has 3 rings (SSSR count). The molecule has 0 radical (unpaired) electrons. The van der Waals surface area contributed by atoms with E-state index in [-0.39, 0.29) is 0 Å². The van der Waals surface area contributed by atoms with Gasteiger partial charge in [-0.15, -0.1) is 11.3 Å². The number of carbonyl (C=O) groups is 1. The summed E-state index contributed by atoms with van der Waals surface area (Å²) in [5.74, 6) is 0.293.